The van der Waals surface area contributed by atoms with Crippen LogP contribution in [0.15, 0.2) is 61.2 Å². The molecule has 1 heteroatoms. The van der Waals surface area contributed by atoms with Crippen molar-refractivity contribution >= 4 is 10.9 Å². The molecule has 0 aliphatic carbocycles. The number of fused-ring (bicyclic) bond motifs is 1. The highest BCUT2D eigenvalue weighted by Crippen LogP contribution is 2.34. The first-order valence-electron chi connectivity index (χ1n) is 7.54. The van der Waals surface area contributed by atoms with Crippen LogP contribution in [0.2, 0.25) is 0 Å². The second-order valence-electron chi connectivity index (χ2n) is 5.45. The quantitative estimate of drug-likeness (QED) is 0.564. The molecule has 0 unspecified atom stereocenters. The Hall–Kier alpha value is -2.28. The zero-order chi connectivity index (χ0) is 14.8. The van der Waals surface area contributed by atoms with Crippen molar-refractivity contribution < 1.29 is 0 Å². The summed E-state index contributed by atoms with van der Waals surface area (Å²) >= 11 is 0. The molecular formula is C20H21N. The second kappa shape index (κ2) is 5.61. The lowest BCUT2D eigenvalue weighted by atomic mass is 10.0. The van der Waals surface area contributed by atoms with Gasteiger partial charge in [0.15, 0.2) is 0 Å². The fraction of sp³-hybridized carbons (Fsp3) is 0.200. The van der Waals surface area contributed by atoms with Gasteiger partial charge in [-0.3, -0.25) is 0 Å². The molecule has 0 saturated heterocycles. The molecule has 0 radical (unpaired) electrons. The minimum absolute atomic E-state index is 0.900. The lowest BCUT2D eigenvalue weighted by Crippen LogP contribution is -1.98. The van der Waals surface area contributed by atoms with Crippen LogP contribution in [0.5, 0.6) is 0 Å². The Balaban J connectivity index is 2.40. The molecule has 2 aromatic carbocycles. The van der Waals surface area contributed by atoms with E-state index >= 15 is 0 Å². The molecule has 21 heavy (non-hydrogen) atoms. The van der Waals surface area contributed by atoms with E-state index in [2.05, 4.69) is 73.5 Å². The van der Waals surface area contributed by atoms with E-state index in [1.165, 1.54) is 33.3 Å². The molecule has 106 valence electrons. The van der Waals surface area contributed by atoms with Crippen LogP contribution >= 0.6 is 0 Å². The molecule has 0 spiro atoms. The lowest BCUT2D eigenvalue weighted by molar-refractivity contribution is 0.802. The van der Waals surface area contributed by atoms with E-state index in [1.54, 1.807) is 0 Å². The number of rotatable bonds is 4. The third-order valence-corrected chi connectivity index (χ3v) is 4.04. The first-order chi connectivity index (χ1) is 10.3. The van der Waals surface area contributed by atoms with Gasteiger partial charge in [-0.2, -0.15) is 0 Å². The van der Waals surface area contributed by atoms with Crippen molar-refractivity contribution in [2.45, 2.75) is 26.8 Å². The zero-order valence-electron chi connectivity index (χ0n) is 12.8. The number of aryl methyl sites for hydroxylation is 2. The average molecular weight is 275 g/mol. The van der Waals surface area contributed by atoms with Gasteiger partial charge >= 0.3 is 0 Å². The van der Waals surface area contributed by atoms with Crippen LogP contribution < -0.4 is 0 Å². The van der Waals surface area contributed by atoms with Crippen LogP contribution in [0, 0.1) is 6.92 Å². The highest BCUT2D eigenvalue weighted by atomic mass is 15.0. The molecule has 3 rings (SSSR count). The highest BCUT2D eigenvalue weighted by molar-refractivity contribution is 5.92. The van der Waals surface area contributed by atoms with Crippen LogP contribution in [-0.2, 0) is 13.0 Å². The van der Waals surface area contributed by atoms with E-state index in [0.29, 0.717) is 0 Å². The molecule has 0 bridgehead atoms. The van der Waals surface area contributed by atoms with Crippen molar-refractivity contribution in [3.63, 3.8) is 0 Å². The SMILES string of the molecule is C=CCc1c(-c2ccccc2)n(CC)c2ccc(C)cc12. The van der Waals surface area contributed by atoms with Crippen molar-refractivity contribution in [2.75, 3.05) is 0 Å². The van der Waals surface area contributed by atoms with Crippen LogP contribution in [0.4, 0.5) is 0 Å². The van der Waals surface area contributed by atoms with E-state index < -0.39 is 0 Å². The Kier molecular flexibility index (Phi) is 3.66. The minimum Gasteiger partial charge on any atom is -0.341 e. The summed E-state index contributed by atoms with van der Waals surface area (Å²) in [5, 5.41) is 1.36. The van der Waals surface area contributed by atoms with Gasteiger partial charge in [0.05, 0.1) is 5.69 Å². The maximum Gasteiger partial charge on any atom is 0.0526 e. The molecule has 3 aromatic rings. The van der Waals surface area contributed by atoms with Crippen molar-refractivity contribution in [3.05, 3.63) is 72.3 Å². The summed E-state index contributed by atoms with van der Waals surface area (Å²) in [6, 6.07) is 17.4. The number of nitrogens with zero attached hydrogens (tertiary/aromatic N) is 1. The number of hydrogen-bond acceptors (Lipinski definition) is 0. The standard InChI is InChI=1S/C20H21N/c1-4-9-17-18-14-15(3)12-13-19(18)21(5-2)20(17)16-10-7-6-8-11-16/h4,6-8,10-14H,1,5,9H2,2-3H3. The minimum atomic E-state index is 0.900. The molecule has 0 aliphatic rings. The van der Waals surface area contributed by atoms with Crippen molar-refractivity contribution in [3.8, 4) is 11.3 Å². The summed E-state index contributed by atoms with van der Waals surface area (Å²) in [5.41, 5.74) is 6.62. The summed E-state index contributed by atoms with van der Waals surface area (Å²) in [7, 11) is 0. The van der Waals surface area contributed by atoms with Gasteiger partial charge < -0.3 is 4.57 Å². The molecule has 1 aromatic heterocycles. The van der Waals surface area contributed by atoms with E-state index in [9.17, 15) is 0 Å². The van der Waals surface area contributed by atoms with Gasteiger partial charge in [0, 0.05) is 17.4 Å². The smallest absolute Gasteiger partial charge is 0.0526 e. The van der Waals surface area contributed by atoms with Crippen molar-refractivity contribution in [1.29, 1.82) is 0 Å². The van der Waals surface area contributed by atoms with Gasteiger partial charge in [0.1, 0.15) is 0 Å². The van der Waals surface area contributed by atoms with E-state index in [4.69, 9.17) is 0 Å². The van der Waals surface area contributed by atoms with E-state index in [-0.39, 0.29) is 0 Å². The summed E-state index contributed by atoms with van der Waals surface area (Å²) in [6.07, 6.45) is 2.90. The average Bonchev–Trinajstić information content (AvgIpc) is 2.82. The number of benzene rings is 2. The summed E-state index contributed by atoms with van der Waals surface area (Å²) < 4.78 is 2.42. The molecule has 0 N–H and O–H groups in total. The second-order valence-corrected chi connectivity index (χ2v) is 5.45. The topological polar surface area (TPSA) is 4.93 Å². The first kappa shape index (κ1) is 13.7. The van der Waals surface area contributed by atoms with Crippen LogP contribution in [0.3, 0.4) is 0 Å². The van der Waals surface area contributed by atoms with Gasteiger partial charge in [-0.05, 0) is 43.5 Å². The molecule has 0 fully saturated rings. The Labute approximate surface area is 126 Å². The molecule has 1 heterocycles. The number of hydrogen-bond donors (Lipinski definition) is 0. The summed E-state index contributed by atoms with van der Waals surface area (Å²) in [5.74, 6) is 0. The maximum absolute atomic E-state index is 3.95. The van der Waals surface area contributed by atoms with Gasteiger partial charge in [-0.25, -0.2) is 0 Å². The molecular weight excluding hydrogens is 254 g/mol. The van der Waals surface area contributed by atoms with Gasteiger partial charge in [-0.15, -0.1) is 6.58 Å². The third kappa shape index (κ3) is 2.29. The highest BCUT2D eigenvalue weighted by Gasteiger charge is 2.16. The van der Waals surface area contributed by atoms with Gasteiger partial charge in [0.2, 0.25) is 0 Å². The normalized spacial score (nSPS) is 11.0. The van der Waals surface area contributed by atoms with Crippen molar-refractivity contribution in [2.24, 2.45) is 0 Å². The van der Waals surface area contributed by atoms with Gasteiger partial charge in [0.25, 0.3) is 0 Å². The van der Waals surface area contributed by atoms with Crippen LogP contribution in [0.1, 0.15) is 18.1 Å². The Bertz CT molecular complexity index is 778. The summed E-state index contributed by atoms with van der Waals surface area (Å²) in [4.78, 5) is 0. The predicted molar refractivity (Wildman–Crippen MR) is 91.7 cm³/mol. The zero-order valence-corrected chi connectivity index (χ0v) is 12.8. The lowest BCUT2D eigenvalue weighted by Gasteiger charge is -2.10. The Morgan fingerprint density at radius 1 is 1.10 bits per heavy atom. The monoisotopic (exact) mass is 275 g/mol. The van der Waals surface area contributed by atoms with Gasteiger partial charge in [-0.1, -0.05) is 48.0 Å². The maximum atomic E-state index is 3.95. The van der Waals surface area contributed by atoms with Crippen LogP contribution in [-0.4, -0.2) is 4.57 Å². The number of allylic oxidation sites excluding steroid dienone is 1. The fourth-order valence-corrected chi connectivity index (χ4v) is 3.14. The molecule has 0 aliphatic heterocycles. The molecule has 0 saturated carbocycles. The van der Waals surface area contributed by atoms with Crippen molar-refractivity contribution in [1.82, 2.24) is 4.57 Å². The molecule has 1 nitrogen and oxygen atoms in total. The van der Waals surface area contributed by atoms with E-state index in [0.717, 1.165) is 13.0 Å². The molecule has 0 atom stereocenters. The Morgan fingerprint density at radius 3 is 2.52 bits per heavy atom. The Morgan fingerprint density at radius 2 is 1.86 bits per heavy atom. The van der Waals surface area contributed by atoms with Crippen LogP contribution in [0.25, 0.3) is 22.2 Å². The fourth-order valence-electron chi connectivity index (χ4n) is 3.14. The predicted octanol–water partition coefficient (Wildman–Crippen LogP) is 5.37. The number of aromatic nitrogens is 1. The molecule has 0 amide bonds. The summed E-state index contributed by atoms with van der Waals surface area (Å²) in [6.45, 7) is 9.29. The third-order valence-electron chi connectivity index (χ3n) is 4.04. The first-order valence-corrected chi connectivity index (χ1v) is 7.54. The van der Waals surface area contributed by atoms with E-state index in [1.807, 2.05) is 6.08 Å². The largest absolute Gasteiger partial charge is 0.341 e.